The van der Waals surface area contributed by atoms with E-state index in [2.05, 4.69) is 4.98 Å². The predicted octanol–water partition coefficient (Wildman–Crippen LogP) is 4.72. The normalized spacial score (nSPS) is 11.0. The van der Waals surface area contributed by atoms with Crippen molar-refractivity contribution in [2.45, 2.75) is 18.6 Å². The van der Waals surface area contributed by atoms with Crippen LogP contribution in [0.25, 0.3) is 16.6 Å². The zero-order valence-corrected chi connectivity index (χ0v) is 18.9. The number of aromatic nitrogens is 2. The van der Waals surface area contributed by atoms with E-state index in [-0.39, 0.29) is 22.5 Å². The lowest BCUT2D eigenvalue weighted by molar-refractivity contribution is -0.127. The molecule has 8 heteroatoms. The minimum absolute atomic E-state index is 0.00401. The van der Waals surface area contributed by atoms with Gasteiger partial charge in [0.1, 0.15) is 11.6 Å². The van der Waals surface area contributed by atoms with Crippen molar-refractivity contribution in [1.82, 2.24) is 14.5 Å². The molecule has 4 rings (SSSR count). The molecule has 0 saturated carbocycles. The molecule has 4 aromatic rings. The summed E-state index contributed by atoms with van der Waals surface area (Å²) in [6, 6.07) is 17.6. The van der Waals surface area contributed by atoms with Crippen molar-refractivity contribution >= 4 is 28.6 Å². The molecule has 0 aliphatic rings. The van der Waals surface area contributed by atoms with Crippen LogP contribution in [0.15, 0.2) is 76.7 Å². The van der Waals surface area contributed by atoms with Crippen LogP contribution in [0.5, 0.6) is 0 Å². The van der Waals surface area contributed by atoms with Gasteiger partial charge < -0.3 is 4.90 Å². The molecule has 1 amide bonds. The van der Waals surface area contributed by atoms with Crippen molar-refractivity contribution in [3.05, 3.63) is 99.8 Å². The molecule has 0 bridgehead atoms. The Morgan fingerprint density at radius 3 is 2.52 bits per heavy atom. The summed E-state index contributed by atoms with van der Waals surface area (Å²) in [5.41, 5.74) is 1.95. The molecule has 1 aromatic heterocycles. The Hall–Kier alpha value is -3.52. The fourth-order valence-corrected chi connectivity index (χ4v) is 4.32. The number of rotatable bonds is 6. The zero-order valence-electron chi connectivity index (χ0n) is 18.1. The second kappa shape index (κ2) is 9.54. The van der Waals surface area contributed by atoms with Gasteiger partial charge in [-0.2, -0.15) is 0 Å². The van der Waals surface area contributed by atoms with Crippen LogP contribution >= 0.6 is 11.8 Å². The first-order chi connectivity index (χ1) is 15.8. The molecular weight excluding hydrogens is 444 g/mol. The van der Waals surface area contributed by atoms with E-state index in [1.807, 2.05) is 31.2 Å². The lowest BCUT2D eigenvalue weighted by atomic mass is 10.1. The van der Waals surface area contributed by atoms with Crippen molar-refractivity contribution < 1.29 is 13.6 Å². The lowest BCUT2D eigenvalue weighted by Gasteiger charge is -2.18. The summed E-state index contributed by atoms with van der Waals surface area (Å²) in [7, 11) is 1.70. The van der Waals surface area contributed by atoms with Crippen LogP contribution in [-0.4, -0.2) is 33.2 Å². The van der Waals surface area contributed by atoms with Gasteiger partial charge in [-0.25, -0.2) is 13.8 Å². The van der Waals surface area contributed by atoms with Crippen molar-refractivity contribution in [2.75, 3.05) is 12.8 Å². The van der Waals surface area contributed by atoms with Crippen LogP contribution in [-0.2, 0) is 11.3 Å². The van der Waals surface area contributed by atoms with Gasteiger partial charge in [0.05, 0.1) is 22.3 Å². The Bertz CT molecular complexity index is 1390. The highest BCUT2D eigenvalue weighted by molar-refractivity contribution is 7.99. The number of fused-ring (bicyclic) bond motifs is 1. The molecular formula is C25H21F2N3O2S. The number of amides is 1. The number of hydrogen-bond donors (Lipinski definition) is 0. The quantitative estimate of drug-likeness (QED) is 0.305. The zero-order chi connectivity index (χ0) is 23.5. The van der Waals surface area contributed by atoms with Crippen molar-refractivity contribution in [3.8, 4) is 5.69 Å². The van der Waals surface area contributed by atoms with E-state index in [9.17, 15) is 18.4 Å². The molecule has 0 aliphatic carbocycles. The second-order valence-electron chi connectivity index (χ2n) is 7.67. The number of nitrogens with zero attached hydrogens (tertiary/aromatic N) is 3. The Balaban J connectivity index is 1.64. The van der Waals surface area contributed by atoms with E-state index >= 15 is 0 Å². The van der Waals surface area contributed by atoms with Gasteiger partial charge in [-0.1, -0.05) is 53.7 Å². The van der Waals surface area contributed by atoms with Crippen molar-refractivity contribution in [3.63, 3.8) is 0 Å². The van der Waals surface area contributed by atoms with Gasteiger partial charge in [0.15, 0.2) is 5.16 Å². The van der Waals surface area contributed by atoms with Gasteiger partial charge in [0.25, 0.3) is 5.56 Å². The molecule has 0 unspecified atom stereocenters. The minimum Gasteiger partial charge on any atom is -0.341 e. The maximum absolute atomic E-state index is 14.6. The highest BCUT2D eigenvalue weighted by Crippen LogP contribution is 2.24. The molecule has 0 atom stereocenters. The van der Waals surface area contributed by atoms with Gasteiger partial charge in [0.2, 0.25) is 5.91 Å². The summed E-state index contributed by atoms with van der Waals surface area (Å²) in [4.78, 5) is 32.0. The summed E-state index contributed by atoms with van der Waals surface area (Å²) >= 11 is 1.03. The van der Waals surface area contributed by atoms with E-state index in [0.717, 1.165) is 33.5 Å². The van der Waals surface area contributed by atoms with Gasteiger partial charge >= 0.3 is 0 Å². The van der Waals surface area contributed by atoms with Crippen LogP contribution in [0.3, 0.4) is 0 Å². The Kier molecular flexibility index (Phi) is 6.55. The summed E-state index contributed by atoms with van der Waals surface area (Å²) < 4.78 is 29.1. The third-order valence-corrected chi connectivity index (χ3v) is 6.11. The molecule has 1 heterocycles. The first-order valence-electron chi connectivity index (χ1n) is 10.2. The SMILES string of the molecule is Cc1ccc(CN(C)C(=O)CSc2nc3ccccc3c(=O)n2-c2ccc(F)cc2F)cc1. The number of carbonyl (C=O) groups is 1. The number of aryl methyl sites for hydroxylation is 1. The van der Waals surface area contributed by atoms with Gasteiger partial charge in [-0.3, -0.25) is 14.2 Å². The minimum atomic E-state index is -0.890. The largest absolute Gasteiger partial charge is 0.341 e. The fourth-order valence-electron chi connectivity index (χ4n) is 3.38. The summed E-state index contributed by atoms with van der Waals surface area (Å²) in [6.07, 6.45) is 0. The molecule has 3 aromatic carbocycles. The number of hydrogen-bond acceptors (Lipinski definition) is 4. The molecule has 33 heavy (non-hydrogen) atoms. The van der Waals surface area contributed by atoms with E-state index in [1.54, 1.807) is 36.2 Å². The van der Waals surface area contributed by atoms with Crippen molar-refractivity contribution in [1.29, 1.82) is 0 Å². The first kappa shape index (κ1) is 22.7. The number of halogens is 2. The van der Waals surface area contributed by atoms with Gasteiger partial charge in [-0.15, -0.1) is 0 Å². The first-order valence-corrected chi connectivity index (χ1v) is 11.2. The van der Waals surface area contributed by atoms with E-state index in [1.165, 1.54) is 6.07 Å². The number of para-hydroxylation sites is 1. The van der Waals surface area contributed by atoms with Crippen LogP contribution in [0.1, 0.15) is 11.1 Å². The van der Waals surface area contributed by atoms with Gasteiger partial charge in [-0.05, 0) is 36.8 Å². The second-order valence-corrected chi connectivity index (χ2v) is 8.61. The standard InChI is InChI=1S/C25H21F2N3O2S/c1-16-7-9-17(10-8-16)14-29(2)23(31)15-33-25-28-21-6-4-3-5-19(21)24(32)30(25)22-12-11-18(26)13-20(22)27/h3-13H,14-15H2,1-2H3. The van der Waals surface area contributed by atoms with Crippen LogP contribution in [0.2, 0.25) is 0 Å². The molecule has 0 radical (unpaired) electrons. The monoisotopic (exact) mass is 465 g/mol. The van der Waals surface area contributed by atoms with Crippen molar-refractivity contribution in [2.24, 2.45) is 0 Å². The third-order valence-electron chi connectivity index (χ3n) is 5.19. The van der Waals surface area contributed by atoms with Gasteiger partial charge in [0, 0.05) is 19.7 Å². The molecule has 168 valence electrons. The molecule has 0 fully saturated rings. The fraction of sp³-hybridized carbons (Fsp3) is 0.160. The molecule has 0 spiro atoms. The Labute approximate surface area is 193 Å². The number of thioether (sulfide) groups is 1. The smallest absolute Gasteiger partial charge is 0.266 e. The summed E-state index contributed by atoms with van der Waals surface area (Å²) in [5, 5.41) is 0.453. The summed E-state index contributed by atoms with van der Waals surface area (Å²) in [5.74, 6) is -1.82. The van der Waals surface area contributed by atoms with E-state index in [0.29, 0.717) is 23.5 Å². The number of benzene rings is 3. The topological polar surface area (TPSA) is 55.2 Å². The van der Waals surface area contributed by atoms with E-state index < -0.39 is 17.2 Å². The highest BCUT2D eigenvalue weighted by atomic mass is 32.2. The maximum atomic E-state index is 14.6. The molecule has 0 N–H and O–H groups in total. The molecule has 0 aliphatic heterocycles. The average Bonchev–Trinajstić information content (AvgIpc) is 2.80. The number of carbonyl (C=O) groups excluding carboxylic acids is 1. The third kappa shape index (κ3) is 4.96. The maximum Gasteiger partial charge on any atom is 0.266 e. The van der Waals surface area contributed by atoms with Crippen LogP contribution < -0.4 is 5.56 Å². The van der Waals surface area contributed by atoms with E-state index in [4.69, 9.17) is 0 Å². The lowest BCUT2D eigenvalue weighted by Crippen LogP contribution is -2.28. The Morgan fingerprint density at radius 1 is 1.06 bits per heavy atom. The van der Waals surface area contributed by atoms with Crippen LogP contribution in [0, 0.1) is 18.6 Å². The highest BCUT2D eigenvalue weighted by Gasteiger charge is 2.19. The Morgan fingerprint density at radius 2 is 1.79 bits per heavy atom. The average molecular weight is 466 g/mol. The van der Waals surface area contributed by atoms with Crippen LogP contribution in [0.4, 0.5) is 8.78 Å². The predicted molar refractivity (Wildman–Crippen MR) is 126 cm³/mol. The molecule has 0 saturated heterocycles. The molecule has 5 nitrogen and oxygen atoms in total. The summed E-state index contributed by atoms with van der Waals surface area (Å²) in [6.45, 7) is 2.43.